The summed E-state index contributed by atoms with van der Waals surface area (Å²) in [4.78, 5) is 25.1. The number of amides is 2. The molecule has 0 saturated carbocycles. The highest BCUT2D eigenvalue weighted by Crippen LogP contribution is 2.47. The average Bonchev–Trinajstić information content (AvgIpc) is 2.61. The Morgan fingerprint density at radius 3 is 2.45 bits per heavy atom. The Hall–Kier alpha value is -1.76. The standard InChI is InChI=1S/C13H19N3O3S/c1-13(2,3)6-4-16(12(18)19)5-7-8(6)9(10(14)17)11(15)20-7/h6H,4-5,15H2,1-3H3,(H2,14,17)(H,18,19). The summed E-state index contributed by atoms with van der Waals surface area (Å²) in [5.41, 5.74) is 12.4. The molecule has 1 aliphatic heterocycles. The van der Waals surface area contributed by atoms with Crippen molar-refractivity contribution in [2.24, 2.45) is 11.1 Å². The van der Waals surface area contributed by atoms with E-state index in [2.05, 4.69) is 0 Å². The molecule has 0 radical (unpaired) electrons. The number of fused-ring (bicyclic) bond motifs is 1. The third kappa shape index (κ3) is 2.33. The van der Waals surface area contributed by atoms with Crippen LogP contribution in [0.1, 0.15) is 47.5 Å². The summed E-state index contributed by atoms with van der Waals surface area (Å²) in [6.07, 6.45) is -0.961. The Labute approximate surface area is 121 Å². The highest BCUT2D eigenvalue weighted by atomic mass is 32.1. The minimum atomic E-state index is -0.961. The average molecular weight is 297 g/mol. The van der Waals surface area contributed by atoms with E-state index in [-0.39, 0.29) is 17.9 Å². The van der Waals surface area contributed by atoms with Crippen LogP contribution in [0, 0.1) is 5.41 Å². The van der Waals surface area contributed by atoms with Gasteiger partial charge in [0, 0.05) is 17.3 Å². The van der Waals surface area contributed by atoms with Gasteiger partial charge in [0.15, 0.2) is 0 Å². The van der Waals surface area contributed by atoms with E-state index in [1.165, 1.54) is 16.2 Å². The van der Waals surface area contributed by atoms with Crippen LogP contribution < -0.4 is 11.5 Å². The van der Waals surface area contributed by atoms with Crippen molar-refractivity contribution < 1.29 is 14.7 Å². The minimum absolute atomic E-state index is 0.0987. The van der Waals surface area contributed by atoms with Crippen molar-refractivity contribution in [3.63, 3.8) is 0 Å². The van der Waals surface area contributed by atoms with Gasteiger partial charge >= 0.3 is 6.09 Å². The Kier molecular flexibility index (Phi) is 3.41. The second-order valence-corrected chi connectivity index (χ2v) is 7.26. The number of hydrogen-bond acceptors (Lipinski definition) is 4. The fraction of sp³-hybridized carbons (Fsp3) is 0.538. The third-order valence-corrected chi connectivity index (χ3v) is 4.72. The second kappa shape index (κ2) is 4.66. The van der Waals surface area contributed by atoms with Gasteiger partial charge in [0.2, 0.25) is 0 Å². The van der Waals surface area contributed by atoms with Crippen molar-refractivity contribution in [1.29, 1.82) is 0 Å². The van der Waals surface area contributed by atoms with Crippen LogP contribution in [0.4, 0.5) is 9.80 Å². The molecule has 1 atom stereocenters. The number of primary amides is 1. The van der Waals surface area contributed by atoms with Gasteiger partial charge in [-0.3, -0.25) is 4.79 Å². The largest absolute Gasteiger partial charge is 0.465 e. The van der Waals surface area contributed by atoms with E-state index in [0.29, 0.717) is 17.1 Å². The third-order valence-electron chi connectivity index (χ3n) is 3.70. The van der Waals surface area contributed by atoms with Gasteiger partial charge < -0.3 is 21.5 Å². The van der Waals surface area contributed by atoms with Gasteiger partial charge in [0.05, 0.1) is 17.1 Å². The topological polar surface area (TPSA) is 110 Å². The van der Waals surface area contributed by atoms with Crippen LogP contribution in [-0.2, 0) is 6.54 Å². The quantitative estimate of drug-likeness (QED) is 0.736. The molecule has 0 saturated heterocycles. The molecule has 6 nitrogen and oxygen atoms in total. The molecule has 7 heteroatoms. The summed E-state index contributed by atoms with van der Waals surface area (Å²) >= 11 is 1.26. The number of hydrogen-bond donors (Lipinski definition) is 3. The fourth-order valence-corrected chi connectivity index (χ4v) is 3.81. The second-order valence-electron chi connectivity index (χ2n) is 6.12. The molecule has 0 bridgehead atoms. The van der Waals surface area contributed by atoms with Crippen molar-refractivity contribution in [3.8, 4) is 0 Å². The lowest BCUT2D eigenvalue weighted by atomic mass is 9.73. The first-order chi connectivity index (χ1) is 9.12. The van der Waals surface area contributed by atoms with E-state index < -0.39 is 12.0 Å². The number of thiophene rings is 1. The van der Waals surface area contributed by atoms with Crippen molar-refractivity contribution >= 4 is 28.3 Å². The first-order valence-electron chi connectivity index (χ1n) is 6.31. The van der Waals surface area contributed by atoms with E-state index in [1.54, 1.807) is 0 Å². The lowest BCUT2D eigenvalue weighted by molar-refractivity contribution is 0.0996. The SMILES string of the molecule is CC(C)(C)C1CN(C(=O)O)Cc2sc(N)c(C(N)=O)c21. The summed E-state index contributed by atoms with van der Waals surface area (Å²) in [7, 11) is 0. The van der Waals surface area contributed by atoms with Crippen molar-refractivity contribution in [2.45, 2.75) is 33.2 Å². The molecule has 0 aliphatic carbocycles. The zero-order valence-corrected chi connectivity index (χ0v) is 12.6. The molecule has 1 aliphatic rings. The molecule has 0 fully saturated rings. The van der Waals surface area contributed by atoms with Crippen LogP contribution >= 0.6 is 11.3 Å². The Morgan fingerprint density at radius 1 is 1.40 bits per heavy atom. The zero-order valence-electron chi connectivity index (χ0n) is 11.8. The fourth-order valence-electron chi connectivity index (χ4n) is 2.65. The number of carboxylic acid groups (broad SMARTS) is 1. The van der Waals surface area contributed by atoms with Gasteiger partial charge in [-0.15, -0.1) is 11.3 Å². The number of nitrogen functional groups attached to an aromatic ring is 1. The number of carbonyl (C=O) groups excluding carboxylic acids is 1. The van der Waals surface area contributed by atoms with E-state index in [0.717, 1.165) is 10.4 Å². The van der Waals surface area contributed by atoms with Gasteiger partial charge in [-0.05, 0) is 11.0 Å². The van der Waals surface area contributed by atoms with E-state index >= 15 is 0 Å². The predicted molar refractivity (Wildman–Crippen MR) is 77.9 cm³/mol. The van der Waals surface area contributed by atoms with Crippen molar-refractivity contribution in [3.05, 3.63) is 16.0 Å². The normalized spacial score (nSPS) is 18.8. The summed E-state index contributed by atoms with van der Waals surface area (Å²) in [5.74, 6) is -0.642. The lowest BCUT2D eigenvalue weighted by Gasteiger charge is -2.39. The summed E-state index contributed by atoms with van der Waals surface area (Å²) in [5, 5.41) is 9.62. The van der Waals surface area contributed by atoms with Crippen LogP contribution in [0.2, 0.25) is 0 Å². The van der Waals surface area contributed by atoms with Crippen molar-refractivity contribution in [1.82, 2.24) is 4.90 Å². The molecule has 1 aromatic heterocycles. The number of nitrogens with two attached hydrogens (primary N) is 2. The first-order valence-corrected chi connectivity index (χ1v) is 7.13. The molecule has 1 aromatic rings. The van der Waals surface area contributed by atoms with Crippen LogP contribution in [0.15, 0.2) is 0 Å². The molecule has 2 amide bonds. The molecule has 0 spiro atoms. The van der Waals surface area contributed by atoms with Gasteiger partial charge in [-0.2, -0.15) is 0 Å². The maximum Gasteiger partial charge on any atom is 0.407 e. The monoisotopic (exact) mass is 297 g/mol. The summed E-state index contributed by atoms with van der Waals surface area (Å²) < 4.78 is 0. The summed E-state index contributed by atoms with van der Waals surface area (Å²) in [6.45, 7) is 6.67. The number of nitrogens with zero attached hydrogens (tertiary/aromatic N) is 1. The van der Waals surface area contributed by atoms with E-state index in [9.17, 15) is 14.7 Å². The van der Waals surface area contributed by atoms with E-state index in [1.807, 2.05) is 20.8 Å². The van der Waals surface area contributed by atoms with E-state index in [4.69, 9.17) is 11.5 Å². The van der Waals surface area contributed by atoms with Crippen LogP contribution in [-0.4, -0.2) is 28.6 Å². The van der Waals surface area contributed by atoms with Crippen LogP contribution in [0.3, 0.4) is 0 Å². The zero-order chi connectivity index (χ0) is 15.2. The first kappa shape index (κ1) is 14.6. The van der Waals surface area contributed by atoms with Gasteiger partial charge in [-0.1, -0.05) is 20.8 Å². The van der Waals surface area contributed by atoms with Crippen molar-refractivity contribution in [2.75, 3.05) is 12.3 Å². The molecule has 20 heavy (non-hydrogen) atoms. The Bertz CT molecular complexity index is 574. The maximum atomic E-state index is 11.7. The molecule has 1 unspecified atom stereocenters. The number of anilines is 1. The highest BCUT2D eigenvalue weighted by Gasteiger charge is 2.40. The van der Waals surface area contributed by atoms with Gasteiger partial charge in [-0.25, -0.2) is 4.79 Å². The molecule has 2 rings (SSSR count). The molecular weight excluding hydrogens is 278 g/mol. The molecule has 2 heterocycles. The predicted octanol–water partition coefficient (Wildman–Crippen LogP) is 2.05. The highest BCUT2D eigenvalue weighted by molar-refractivity contribution is 7.16. The number of rotatable bonds is 1. The lowest BCUT2D eigenvalue weighted by Crippen LogP contribution is -2.41. The molecule has 110 valence electrons. The van der Waals surface area contributed by atoms with Crippen LogP contribution in [0.25, 0.3) is 0 Å². The van der Waals surface area contributed by atoms with Crippen LogP contribution in [0.5, 0.6) is 0 Å². The number of carbonyl (C=O) groups is 2. The maximum absolute atomic E-state index is 11.7. The molecule has 5 N–H and O–H groups in total. The molecule has 0 aromatic carbocycles. The molecular formula is C13H19N3O3S. The minimum Gasteiger partial charge on any atom is -0.465 e. The van der Waals surface area contributed by atoms with Gasteiger partial charge in [0.25, 0.3) is 5.91 Å². The Morgan fingerprint density at radius 2 is 2.00 bits per heavy atom. The summed E-state index contributed by atoms with van der Waals surface area (Å²) in [6, 6.07) is 0. The van der Waals surface area contributed by atoms with Gasteiger partial charge in [0.1, 0.15) is 0 Å². The smallest absolute Gasteiger partial charge is 0.407 e. The Balaban J connectivity index is 2.61.